The molecule has 0 amide bonds. The molecule has 0 aliphatic rings. The summed E-state index contributed by atoms with van der Waals surface area (Å²) in [7, 11) is 0. The van der Waals surface area contributed by atoms with Gasteiger partial charge in [0.1, 0.15) is 0 Å². The molecule has 1 nitrogen and oxygen atoms in total. The van der Waals surface area contributed by atoms with E-state index in [1.54, 1.807) is 0 Å². The van der Waals surface area contributed by atoms with Crippen LogP contribution in [0.15, 0.2) is 54.6 Å². The average Bonchev–Trinajstić information content (AvgIpc) is 2.31. The van der Waals surface area contributed by atoms with Crippen molar-refractivity contribution in [1.82, 2.24) is 0 Å². The number of rotatable bonds is 3. The standard InChI is InChI=1S/C14H13IO/c15-13-9-5-4-8-12(13)14(16)10-11-6-2-1-3-7-11/h1-9,14,16H,10H2. The maximum absolute atomic E-state index is 10.1. The zero-order valence-electron chi connectivity index (χ0n) is 8.81. The zero-order valence-corrected chi connectivity index (χ0v) is 11.0. The van der Waals surface area contributed by atoms with E-state index in [0.717, 1.165) is 14.7 Å². The van der Waals surface area contributed by atoms with Crippen LogP contribution in [0.1, 0.15) is 17.2 Å². The van der Waals surface area contributed by atoms with Crippen molar-refractivity contribution < 1.29 is 5.11 Å². The Morgan fingerprint density at radius 3 is 2.25 bits per heavy atom. The molecule has 1 atom stereocenters. The number of halogens is 1. The number of hydrogen-bond acceptors (Lipinski definition) is 1. The van der Waals surface area contributed by atoms with Crippen LogP contribution in [0.3, 0.4) is 0 Å². The van der Waals surface area contributed by atoms with Gasteiger partial charge in [-0.2, -0.15) is 0 Å². The highest BCUT2D eigenvalue weighted by molar-refractivity contribution is 14.1. The van der Waals surface area contributed by atoms with Crippen LogP contribution in [0, 0.1) is 3.57 Å². The third-order valence-electron chi connectivity index (χ3n) is 2.54. The monoisotopic (exact) mass is 324 g/mol. The first-order chi connectivity index (χ1) is 7.77. The van der Waals surface area contributed by atoms with E-state index in [4.69, 9.17) is 0 Å². The highest BCUT2D eigenvalue weighted by Crippen LogP contribution is 2.22. The van der Waals surface area contributed by atoms with E-state index in [-0.39, 0.29) is 0 Å². The highest BCUT2D eigenvalue weighted by atomic mass is 127. The van der Waals surface area contributed by atoms with E-state index in [1.807, 2.05) is 54.6 Å². The first kappa shape index (κ1) is 11.6. The lowest BCUT2D eigenvalue weighted by atomic mass is 10.0. The molecule has 0 bridgehead atoms. The topological polar surface area (TPSA) is 20.2 Å². The Kier molecular flexibility index (Phi) is 3.96. The molecule has 0 saturated carbocycles. The molecule has 2 aromatic carbocycles. The Labute approximate surface area is 109 Å². The van der Waals surface area contributed by atoms with Crippen LogP contribution in [0.2, 0.25) is 0 Å². The van der Waals surface area contributed by atoms with Gasteiger partial charge in [-0.05, 0) is 39.8 Å². The van der Waals surface area contributed by atoms with Gasteiger partial charge in [-0.25, -0.2) is 0 Å². The van der Waals surface area contributed by atoms with Gasteiger partial charge in [-0.3, -0.25) is 0 Å². The fraction of sp³-hybridized carbons (Fsp3) is 0.143. The Morgan fingerprint density at radius 2 is 1.56 bits per heavy atom. The fourth-order valence-corrected chi connectivity index (χ4v) is 2.44. The number of hydrogen-bond donors (Lipinski definition) is 1. The van der Waals surface area contributed by atoms with Crippen molar-refractivity contribution in [3.8, 4) is 0 Å². The quantitative estimate of drug-likeness (QED) is 0.856. The lowest BCUT2D eigenvalue weighted by molar-refractivity contribution is 0.177. The molecule has 0 heterocycles. The number of aliphatic hydroxyl groups is 1. The molecule has 0 aliphatic carbocycles. The molecule has 82 valence electrons. The molecule has 0 spiro atoms. The summed E-state index contributed by atoms with van der Waals surface area (Å²) in [6.45, 7) is 0. The lowest BCUT2D eigenvalue weighted by Gasteiger charge is -2.12. The van der Waals surface area contributed by atoms with Crippen LogP contribution in [0.25, 0.3) is 0 Å². The summed E-state index contributed by atoms with van der Waals surface area (Å²) >= 11 is 2.26. The van der Waals surface area contributed by atoms with Crippen LogP contribution in [-0.2, 0) is 6.42 Å². The second kappa shape index (κ2) is 5.46. The predicted octanol–water partition coefficient (Wildman–Crippen LogP) is 3.57. The summed E-state index contributed by atoms with van der Waals surface area (Å²) < 4.78 is 1.11. The second-order valence-electron chi connectivity index (χ2n) is 3.73. The first-order valence-electron chi connectivity index (χ1n) is 5.24. The molecule has 0 aromatic heterocycles. The van der Waals surface area contributed by atoms with Crippen molar-refractivity contribution in [1.29, 1.82) is 0 Å². The van der Waals surface area contributed by atoms with E-state index in [0.29, 0.717) is 6.42 Å². The summed E-state index contributed by atoms with van der Waals surface area (Å²) in [5, 5.41) is 10.1. The minimum absolute atomic E-state index is 0.421. The maximum atomic E-state index is 10.1. The summed E-state index contributed by atoms with van der Waals surface area (Å²) in [5.41, 5.74) is 2.17. The van der Waals surface area contributed by atoms with Crippen molar-refractivity contribution >= 4 is 22.6 Å². The van der Waals surface area contributed by atoms with Gasteiger partial charge in [0.15, 0.2) is 0 Å². The largest absolute Gasteiger partial charge is 0.388 e. The lowest BCUT2D eigenvalue weighted by Crippen LogP contribution is -2.03. The Bertz CT molecular complexity index is 453. The van der Waals surface area contributed by atoms with Gasteiger partial charge >= 0.3 is 0 Å². The van der Waals surface area contributed by atoms with Crippen LogP contribution in [-0.4, -0.2) is 5.11 Å². The van der Waals surface area contributed by atoms with Crippen LogP contribution in [0.5, 0.6) is 0 Å². The van der Waals surface area contributed by atoms with Crippen molar-refractivity contribution in [3.05, 3.63) is 69.3 Å². The van der Waals surface area contributed by atoms with Gasteiger partial charge in [-0.15, -0.1) is 0 Å². The second-order valence-corrected chi connectivity index (χ2v) is 4.89. The van der Waals surface area contributed by atoms with Gasteiger partial charge in [-0.1, -0.05) is 48.5 Å². The predicted molar refractivity (Wildman–Crippen MR) is 74.3 cm³/mol. The number of aliphatic hydroxyl groups excluding tert-OH is 1. The fourth-order valence-electron chi connectivity index (χ4n) is 1.69. The molecule has 0 aliphatic heterocycles. The smallest absolute Gasteiger partial charge is 0.0840 e. The minimum Gasteiger partial charge on any atom is -0.388 e. The maximum Gasteiger partial charge on any atom is 0.0840 e. The zero-order chi connectivity index (χ0) is 11.4. The van der Waals surface area contributed by atoms with Crippen molar-refractivity contribution in [3.63, 3.8) is 0 Å². The van der Waals surface area contributed by atoms with Gasteiger partial charge in [0.05, 0.1) is 6.10 Å². The Hall–Kier alpha value is -0.870. The van der Waals surface area contributed by atoms with Crippen molar-refractivity contribution in [2.24, 2.45) is 0 Å². The molecule has 0 saturated heterocycles. The minimum atomic E-state index is -0.421. The molecule has 2 aromatic rings. The molecular weight excluding hydrogens is 311 g/mol. The molecule has 2 heteroatoms. The van der Waals surface area contributed by atoms with E-state index >= 15 is 0 Å². The van der Waals surface area contributed by atoms with E-state index in [2.05, 4.69) is 22.6 Å². The Balaban J connectivity index is 2.15. The highest BCUT2D eigenvalue weighted by Gasteiger charge is 2.10. The van der Waals surface area contributed by atoms with E-state index in [1.165, 1.54) is 0 Å². The van der Waals surface area contributed by atoms with Gasteiger partial charge in [0.2, 0.25) is 0 Å². The molecule has 2 rings (SSSR count). The normalized spacial score (nSPS) is 12.4. The van der Waals surface area contributed by atoms with Crippen LogP contribution in [0.4, 0.5) is 0 Å². The Morgan fingerprint density at radius 1 is 0.938 bits per heavy atom. The van der Waals surface area contributed by atoms with Gasteiger partial charge in [0.25, 0.3) is 0 Å². The molecule has 0 fully saturated rings. The molecular formula is C14H13IO. The van der Waals surface area contributed by atoms with Crippen molar-refractivity contribution in [2.45, 2.75) is 12.5 Å². The van der Waals surface area contributed by atoms with Gasteiger partial charge in [0, 0.05) is 9.99 Å². The summed E-state index contributed by atoms with van der Waals surface area (Å²) in [4.78, 5) is 0. The SMILES string of the molecule is OC(Cc1ccccc1)c1ccccc1I. The van der Waals surface area contributed by atoms with E-state index in [9.17, 15) is 5.11 Å². The first-order valence-corrected chi connectivity index (χ1v) is 6.31. The molecule has 16 heavy (non-hydrogen) atoms. The van der Waals surface area contributed by atoms with E-state index < -0.39 is 6.10 Å². The number of benzene rings is 2. The summed E-state index contributed by atoms with van der Waals surface area (Å²) in [6.07, 6.45) is 0.247. The van der Waals surface area contributed by atoms with Crippen LogP contribution < -0.4 is 0 Å². The summed E-state index contributed by atoms with van der Waals surface area (Å²) in [6, 6.07) is 18.0. The summed E-state index contributed by atoms with van der Waals surface area (Å²) in [5.74, 6) is 0. The molecule has 1 N–H and O–H groups in total. The average molecular weight is 324 g/mol. The third-order valence-corrected chi connectivity index (χ3v) is 3.52. The van der Waals surface area contributed by atoms with Gasteiger partial charge < -0.3 is 5.11 Å². The molecule has 0 radical (unpaired) electrons. The van der Waals surface area contributed by atoms with Crippen molar-refractivity contribution in [2.75, 3.05) is 0 Å². The third kappa shape index (κ3) is 2.83. The molecule has 1 unspecified atom stereocenters. The van der Waals surface area contributed by atoms with Crippen LogP contribution >= 0.6 is 22.6 Å².